The van der Waals surface area contributed by atoms with Crippen LogP contribution in [0.4, 0.5) is 0 Å². The van der Waals surface area contributed by atoms with Crippen molar-refractivity contribution >= 4 is 12.9 Å². The first-order valence-electron chi connectivity index (χ1n) is 3.53. The van der Waals surface area contributed by atoms with Crippen LogP contribution in [0.25, 0.3) is 0 Å². The van der Waals surface area contributed by atoms with Crippen LogP contribution in [0, 0.1) is 6.92 Å². The Morgan fingerprint density at radius 2 is 2.00 bits per heavy atom. The Hall–Kier alpha value is -0.845. The summed E-state index contributed by atoms with van der Waals surface area (Å²) >= 11 is 0. The third kappa shape index (κ3) is 1.57. The normalized spacial score (nSPS) is 9.80. The quantitative estimate of drug-likeness (QED) is 0.509. The number of rotatable bonds is 1. The third-order valence-electron chi connectivity index (χ3n) is 1.53. The zero-order valence-electron chi connectivity index (χ0n) is 6.46. The third-order valence-corrected chi connectivity index (χ3v) is 1.53. The Kier molecular flexibility index (Phi) is 2.44. The van der Waals surface area contributed by atoms with Crippen LogP contribution < -0.4 is 0 Å². The molecule has 0 radical (unpaired) electrons. The Labute approximate surface area is 62.8 Å². The summed E-state index contributed by atoms with van der Waals surface area (Å²) in [6.45, 7) is 6.21. The van der Waals surface area contributed by atoms with E-state index >= 15 is 0 Å². The van der Waals surface area contributed by atoms with Crippen LogP contribution in [0.15, 0.2) is 24.3 Å². The molecule has 50 valence electrons. The first-order valence-corrected chi connectivity index (χ1v) is 3.53. The van der Waals surface area contributed by atoms with Gasteiger partial charge in [-0.3, -0.25) is 0 Å². The molecule has 0 spiro atoms. The van der Waals surface area contributed by atoms with Crippen LogP contribution in [-0.4, -0.2) is 12.9 Å². The molecular formula is C9H11B. The summed E-state index contributed by atoms with van der Waals surface area (Å²) in [7, 11) is 0. The van der Waals surface area contributed by atoms with Crippen molar-refractivity contribution in [2.24, 2.45) is 0 Å². The summed E-state index contributed by atoms with van der Waals surface area (Å²) in [5.74, 6) is 2.12. The molecule has 0 heterocycles. The Bertz CT molecular complexity index is 238. The first-order chi connectivity index (χ1) is 4.84. The fraction of sp³-hybridized carbons (Fsp3) is 0.222. The van der Waals surface area contributed by atoms with E-state index in [2.05, 4.69) is 44.1 Å². The molecule has 1 aromatic carbocycles. The Morgan fingerprint density at radius 1 is 1.30 bits per heavy atom. The van der Waals surface area contributed by atoms with Gasteiger partial charge in [0, 0.05) is 0 Å². The average molecular weight is 130 g/mol. The molecule has 1 heteroatoms. The molecule has 0 amide bonds. The number of hydrogen-bond donors (Lipinski definition) is 0. The van der Waals surface area contributed by atoms with Gasteiger partial charge in [0.15, 0.2) is 0 Å². The van der Waals surface area contributed by atoms with E-state index in [-0.39, 0.29) is 0 Å². The maximum absolute atomic E-state index is 2.12. The Morgan fingerprint density at radius 3 is 2.60 bits per heavy atom. The van der Waals surface area contributed by atoms with Crippen molar-refractivity contribution in [1.82, 2.24) is 0 Å². The molecular weight excluding hydrogens is 119 g/mol. The minimum atomic E-state index is 1.31. The van der Waals surface area contributed by atoms with Crippen molar-refractivity contribution < 1.29 is 0 Å². The van der Waals surface area contributed by atoms with Gasteiger partial charge in [-0.25, -0.2) is 0 Å². The first kappa shape index (κ1) is 7.26. The zero-order valence-corrected chi connectivity index (χ0v) is 6.46. The van der Waals surface area contributed by atoms with E-state index in [0.717, 1.165) is 0 Å². The zero-order chi connectivity index (χ0) is 7.40. The minimum absolute atomic E-state index is 1.31. The molecule has 0 unspecified atom stereocenters. The van der Waals surface area contributed by atoms with Gasteiger partial charge in [0.25, 0.3) is 0 Å². The van der Waals surface area contributed by atoms with Crippen molar-refractivity contribution in [3.63, 3.8) is 0 Å². The second kappa shape index (κ2) is 3.36. The number of benzene rings is 1. The van der Waals surface area contributed by atoms with Crippen molar-refractivity contribution in [3.8, 4) is 0 Å². The molecule has 10 heavy (non-hydrogen) atoms. The summed E-state index contributed by atoms with van der Waals surface area (Å²) in [6, 6.07) is 8.36. The summed E-state index contributed by atoms with van der Waals surface area (Å²) < 4.78 is 0. The predicted octanol–water partition coefficient (Wildman–Crippen LogP) is 1.90. The van der Waals surface area contributed by atoms with Crippen LogP contribution in [0.3, 0.4) is 0 Å². The summed E-state index contributed by atoms with van der Waals surface area (Å²) in [4.78, 5) is 0. The monoisotopic (exact) mass is 130 g/mol. The van der Waals surface area contributed by atoms with Crippen molar-refractivity contribution in [3.05, 3.63) is 35.4 Å². The molecule has 0 atom stereocenters. The molecule has 0 saturated carbocycles. The molecule has 0 aromatic heterocycles. The molecule has 0 bridgehead atoms. The molecule has 0 saturated heterocycles. The average Bonchev–Trinajstić information content (AvgIpc) is 1.94. The summed E-state index contributed by atoms with van der Waals surface area (Å²) in [5, 5.41) is 0. The topological polar surface area (TPSA) is 0 Å². The van der Waals surface area contributed by atoms with Crippen LogP contribution in [0.5, 0.6) is 0 Å². The standard InChI is InChI=1S/C9H11B/c1-8-5-3-4-6-9(8)7-10-2/h3-7H,1-2H3. The van der Waals surface area contributed by atoms with Crippen LogP contribution >= 0.6 is 0 Å². The van der Waals surface area contributed by atoms with E-state index in [0.29, 0.717) is 0 Å². The molecule has 0 fully saturated rings. The van der Waals surface area contributed by atoms with Crippen LogP contribution in [0.1, 0.15) is 11.1 Å². The second-order valence-corrected chi connectivity index (χ2v) is 2.36. The fourth-order valence-electron chi connectivity index (χ4n) is 0.953. The molecule has 0 nitrogen and oxygen atoms in total. The fourth-order valence-corrected chi connectivity index (χ4v) is 0.953. The van der Waals surface area contributed by atoms with Gasteiger partial charge in [0.05, 0.1) is 0 Å². The van der Waals surface area contributed by atoms with E-state index in [4.69, 9.17) is 0 Å². The van der Waals surface area contributed by atoms with E-state index in [9.17, 15) is 0 Å². The second-order valence-electron chi connectivity index (χ2n) is 2.36. The number of hydrogen-bond acceptors (Lipinski definition) is 0. The van der Waals surface area contributed by atoms with Crippen LogP contribution in [-0.2, 0) is 0 Å². The van der Waals surface area contributed by atoms with Gasteiger partial charge in [-0.05, 0) is 0 Å². The van der Waals surface area contributed by atoms with Crippen LogP contribution in [0.2, 0.25) is 6.82 Å². The van der Waals surface area contributed by atoms with Gasteiger partial charge >= 0.3 is 62.0 Å². The molecule has 0 aliphatic heterocycles. The molecule has 1 aromatic rings. The van der Waals surface area contributed by atoms with E-state index in [1.165, 1.54) is 11.1 Å². The molecule has 1 rings (SSSR count). The number of aryl methyl sites for hydroxylation is 1. The van der Waals surface area contributed by atoms with Gasteiger partial charge in [-0.2, -0.15) is 0 Å². The molecule has 0 aliphatic carbocycles. The van der Waals surface area contributed by atoms with Gasteiger partial charge in [0.1, 0.15) is 0 Å². The maximum atomic E-state index is 2.12. The van der Waals surface area contributed by atoms with Gasteiger partial charge in [0.2, 0.25) is 0 Å². The van der Waals surface area contributed by atoms with E-state index in [1.54, 1.807) is 0 Å². The van der Waals surface area contributed by atoms with Gasteiger partial charge < -0.3 is 0 Å². The van der Waals surface area contributed by atoms with Crippen molar-refractivity contribution in [2.45, 2.75) is 13.7 Å². The Balaban J connectivity index is 3.03. The SMILES string of the molecule is C/B=C\c1ccccc1C. The molecule has 0 N–H and O–H groups in total. The van der Waals surface area contributed by atoms with Crippen molar-refractivity contribution in [1.29, 1.82) is 0 Å². The van der Waals surface area contributed by atoms with E-state index < -0.39 is 0 Å². The van der Waals surface area contributed by atoms with E-state index in [1.807, 2.05) is 6.82 Å². The summed E-state index contributed by atoms with van der Waals surface area (Å²) in [6.07, 6.45) is 0. The van der Waals surface area contributed by atoms with Gasteiger partial charge in [-0.1, -0.05) is 0 Å². The summed E-state index contributed by atoms with van der Waals surface area (Å²) in [5.41, 5.74) is 2.64. The van der Waals surface area contributed by atoms with Crippen molar-refractivity contribution in [2.75, 3.05) is 0 Å². The predicted molar refractivity (Wildman–Crippen MR) is 48.0 cm³/mol. The molecule has 0 aliphatic rings. The van der Waals surface area contributed by atoms with Gasteiger partial charge in [-0.15, -0.1) is 0 Å².